The molecule has 0 aliphatic heterocycles. The summed E-state index contributed by atoms with van der Waals surface area (Å²) in [4.78, 5) is 10.3. The monoisotopic (exact) mass is 261 g/mol. The van der Waals surface area contributed by atoms with E-state index in [0.29, 0.717) is 4.47 Å². The highest BCUT2D eigenvalue weighted by atomic mass is 79.9. The summed E-state index contributed by atoms with van der Waals surface area (Å²) in [5, 5.41) is 12.5. The molecule has 0 heterocycles. The molecule has 5 heteroatoms. The van der Waals surface area contributed by atoms with E-state index in [4.69, 9.17) is 7.85 Å². The largest absolute Gasteiger partial charge is 0.277 e. The summed E-state index contributed by atoms with van der Waals surface area (Å²) >= 11 is 3.21. The van der Waals surface area contributed by atoms with Gasteiger partial charge in [0.15, 0.2) is 0 Å². The number of hydrogen-bond donors (Lipinski definition) is 0. The van der Waals surface area contributed by atoms with Crippen molar-refractivity contribution in [2.45, 2.75) is 0 Å². The van der Waals surface area contributed by atoms with Crippen LogP contribution in [0.25, 0.3) is 10.8 Å². The van der Waals surface area contributed by atoms with Gasteiger partial charge in [-0.05, 0) is 26.8 Å². The number of hydrogen-bond acceptors (Lipinski definition) is 2. The van der Waals surface area contributed by atoms with Crippen LogP contribution >= 0.6 is 15.9 Å². The summed E-state index contributed by atoms with van der Waals surface area (Å²) in [6, 6.07) is 8.97. The predicted octanol–water partition coefficient (Wildman–Crippen LogP) is 2.30. The number of halogens is 1. The van der Waals surface area contributed by atoms with Crippen molar-refractivity contribution in [1.82, 2.24) is 0 Å². The molecule has 72 valence electrons. The second-order valence-corrected chi connectivity index (χ2v) is 3.90. The highest BCUT2D eigenvalue weighted by Crippen LogP contribution is 2.30. The van der Waals surface area contributed by atoms with Crippen molar-refractivity contribution >= 4 is 45.7 Å². The van der Waals surface area contributed by atoms with Crippen LogP contribution in [0.15, 0.2) is 34.8 Å². The van der Waals surface area contributed by atoms with Crippen molar-refractivity contribution in [2.75, 3.05) is 0 Å². The van der Waals surface area contributed by atoms with Gasteiger partial charge >= 0.3 is 0 Å². The number of nitro groups is 1. The maximum absolute atomic E-state index is 10.8. The van der Waals surface area contributed by atoms with Gasteiger partial charge in [-0.15, -0.1) is 0 Å². The highest BCUT2D eigenvalue weighted by molar-refractivity contribution is 9.10. The van der Waals surface area contributed by atoms with Crippen molar-refractivity contribution in [1.29, 1.82) is 0 Å². The number of benzene rings is 2. The molecule has 2 rings (SSSR count). The number of rotatable bonds is 1. The molecular formula is C10H5BBrNO2. The fraction of sp³-hybridized carbons (Fsp3) is 0. The Hall–Kier alpha value is -1.36. The molecule has 0 aromatic heterocycles. The van der Waals surface area contributed by atoms with Crippen molar-refractivity contribution in [3.63, 3.8) is 0 Å². The first-order valence-corrected chi connectivity index (χ1v) is 5.01. The lowest BCUT2D eigenvalue weighted by Gasteiger charge is -2.04. The van der Waals surface area contributed by atoms with Gasteiger partial charge in [-0.3, -0.25) is 10.1 Å². The van der Waals surface area contributed by atoms with E-state index in [1.54, 1.807) is 6.07 Å². The lowest BCUT2D eigenvalue weighted by Crippen LogP contribution is -2.10. The van der Waals surface area contributed by atoms with Gasteiger partial charge in [0.2, 0.25) is 0 Å². The van der Waals surface area contributed by atoms with E-state index in [1.165, 1.54) is 0 Å². The molecule has 3 nitrogen and oxygen atoms in total. The van der Waals surface area contributed by atoms with Gasteiger partial charge < -0.3 is 0 Å². The van der Waals surface area contributed by atoms with Gasteiger partial charge in [-0.2, -0.15) is 0 Å². The second-order valence-electron chi connectivity index (χ2n) is 3.11. The summed E-state index contributed by atoms with van der Waals surface area (Å²) in [6.45, 7) is 0. The molecule has 0 amide bonds. The van der Waals surface area contributed by atoms with Crippen molar-refractivity contribution in [3.05, 3.63) is 44.9 Å². The molecule has 0 saturated heterocycles. The quantitative estimate of drug-likeness (QED) is 0.449. The smallest absolute Gasteiger partial charge is 0.258 e. The van der Waals surface area contributed by atoms with E-state index in [9.17, 15) is 10.1 Å². The predicted molar refractivity (Wildman–Crippen MR) is 63.7 cm³/mol. The molecule has 15 heavy (non-hydrogen) atoms. The van der Waals surface area contributed by atoms with Crippen LogP contribution in [0.5, 0.6) is 0 Å². The highest BCUT2D eigenvalue weighted by Gasteiger charge is 2.17. The molecule has 0 fully saturated rings. The summed E-state index contributed by atoms with van der Waals surface area (Å²) < 4.78 is 0.433. The minimum absolute atomic E-state index is 0.0753. The third-order valence-electron chi connectivity index (χ3n) is 2.17. The Morgan fingerprint density at radius 3 is 2.67 bits per heavy atom. The van der Waals surface area contributed by atoms with Gasteiger partial charge in [0.05, 0.1) is 4.92 Å². The van der Waals surface area contributed by atoms with Gasteiger partial charge in [0.1, 0.15) is 12.3 Å². The van der Waals surface area contributed by atoms with E-state index in [1.807, 2.05) is 24.3 Å². The van der Waals surface area contributed by atoms with E-state index in [0.717, 1.165) is 10.8 Å². The maximum atomic E-state index is 10.8. The molecule has 2 aromatic carbocycles. The summed E-state index contributed by atoms with van der Waals surface area (Å²) in [5.74, 6) is 0. The number of fused-ring (bicyclic) bond motifs is 1. The summed E-state index contributed by atoms with van der Waals surface area (Å²) in [5.41, 5.74) is 0.0966. The zero-order chi connectivity index (χ0) is 11.0. The Bertz CT molecular complexity index is 556. The third-order valence-corrected chi connectivity index (χ3v) is 2.97. The Morgan fingerprint density at radius 2 is 2.00 bits per heavy atom. The summed E-state index contributed by atoms with van der Waals surface area (Å²) in [6.07, 6.45) is 0. The minimum atomic E-state index is -0.480. The van der Waals surface area contributed by atoms with Gasteiger partial charge in [0.25, 0.3) is 5.69 Å². The van der Waals surface area contributed by atoms with E-state index >= 15 is 0 Å². The van der Waals surface area contributed by atoms with Crippen molar-refractivity contribution < 1.29 is 4.92 Å². The Kier molecular flexibility index (Phi) is 2.48. The first kappa shape index (κ1) is 10.2. The molecule has 0 bridgehead atoms. The van der Waals surface area contributed by atoms with E-state index in [2.05, 4.69) is 15.9 Å². The molecular weight excluding hydrogens is 257 g/mol. The summed E-state index contributed by atoms with van der Waals surface area (Å²) in [7, 11) is 5.62. The molecule has 0 N–H and O–H groups in total. The maximum Gasteiger partial charge on any atom is 0.277 e. The van der Waals surface area contributed by atoms with Crippen LogP contribution in [0.4, 0.5) is 5.69 Å². The third kappa shape index (κ3) is 1.63. The zero-order valence-corrected chi connectivity index (χ0v) is 9.19. The molecule has 0 spiro atoms. The van der Waals surface area contributed by atoms with Crippen LogP contribution in [0.2, 0.25) is 0 Å². The van der Waals surface area contributed by atoms with Crippen LogP contribution in [-0.4, -0.2) is 12.8 Å². The standard InChI is InChI=1S/C10H5BBrNO2/c11-8-5-6-3-1-2-4-7(6)9(12)10(8)13(14)15/h1-5H. The van der Waals surface area contributed by atoms with Crippen LogP contribution in [0.1, 0.15) is 0 Å². The Morgan fingerprint density at radius 1 is 1.33 bits per heavy atom. The van der Waals surface area contributed by atoms with Crippen LogP contribution in [-0.2, 0) is 0 Å². The van der Waals surface area contributed by atoms with Gasteiger partial charge in [-0.25, -0.2) is 0 Å². The lowest BCUT2D eigenvalue weighted by atomic mass is 9.91. The first-order valence-electron chi connectivity index (χ1n) is 4.22. The molecule has 0 atom stereocenters. The van der Waals surface area contributed by atoms with Crippen molar-refractivity contribution in [2.24, 2.45) is 0 Å². The fourth-order valence-electron chi connectivity index (χ4n) is 1.50. The first-order chi connectivity index (χ1) is 7.11. The zero-order valence-electron chi connectivity index (χ0n) is 7.61. The second kappa shape index (κ2) is 3.66. The molecule has 2 radical (unpaired) electrons. The minimum Gasteiger partial charge on any atom is -0.258 e. The van der Waals surface area contributed by atoms with Crippen LogP contribution < -0.4 is 5.46 Å². The fourth-order valence-corrected chi connectivity index (χ4v) is 2.23. The van der Waals surface area contributed by atoms with E-state index < -0.39 is 4.92 Å². The van der Waals surface area contributed by atoms with Crippen molar-refractivity contribution in [3.8, 4) is 0 Å². The molecule has 0 saturated carbocycles. The Labute approximate surface area is 95.8 Å². The average Bonchev–Trinajstić information content (AvgIpc) is 2.17. The SMILES string of the molecule is [B]c1cc2ccccc2c(Br)c1[N+](=O)[O-]. The average molecular weight is 262 g/mol. The van der Waals surface area contributed by atoms with Crippen LogP contribution in [0, 0.1) is 10.1 Å². The van der Waals surface area contributed by atoms with Gasteiger partial charge in [0, 0.05) is 5.39 Å². The molecule has 2 aromatic rings. The molecule has 0 aliphatic rings. The van der Waals surface area contributed by atoms with E-state index in [-0.39, 0.29) is 11.2 Å². The topological polar surface area (TPSA) is 43.1 Å². The number of nitro benzene ring substituents is 1. The Balaban J connectivity index is 2.90. The van der Waals surface area contributed by atoms with Crippen LogP contribution in [0.3, 0.4) is 0 Å². The van der Waals surface area contributed by atoms with Gasteiger partial charge in [-0.1, -0.05) is 30.3 Å². The molecule has 0 aliphatic carbocycles. The number of nitrogens with zero attached hydrogens (tertiary/aromatic N) is 1. The lowest BCUT2D eigenvalue weighted by molar-refractivity contribution is -0.384. The molecule has 0 unspecified atom stereocenters. The normalized spacial score (nSPS) is 10.5.